The Bertz CT molecular complexity index is 239. The number of hydrogen-bond acceptors (Lipinski definition) is 2. The molecule has 0 fully saturated rings. The largest absolute Gasteiger partial charge is 0.508 e. The molecule has 0 aliphatic heterocycles. The second kappa shape index (κ2) is 2.68. The van der Waals surface area contributed by atoms with Crippen LogP contribution in [0, 0.1) is 0 Å². The van der Waals surface area contributed by atoms with Crippen molar-refractivity contribution >= 4 is 27.5 Å². The Hall–Kier alpha value is -0.410. The third kappa shape index (κ3) is 1.36. The van der Waals surface area contributed by atoms with E-state index in [0.717, 1.165) is 0 Å². The minimum atomic E-state index is -0.0560. The van der Waals surface area contributed by atoms with E-state index < -0.39 is 0 Å². The topological polar surface area (TPSA) is 40.5 Å². The number of phenolic OH excluding ortho intramolecular Hbond substituents is 2. The van der Waals surface area contributed by atoms with Gasteiger partial charge in [0.2, 0.25) is 0 Å². The lowest BCUT2D eigenvalue weighted by molar-refractivity contribution is 0.457. The molecule has 0 aliphatic rings. The van der Waals surface area contributed by atoms with E-state index in [9.17, 15) is 0 Å². The molecule has 54 valence electrons. The fraction of sp³-hybridized carbons (Fsp3) is 0. The van der Waals surface area contributed by atoms with Crippen LogP contribution in [-0.4, -0.2) is 10.2 Å². The molecule has 0 saturated carbocycles. The van der Waals surface area contributed by atoms with Crippen molar-refractivity contribution in [2.75, 3.05) is 0 Å². The van der Waals surface area contributed by atoms with Crippen LogP contribution in [0.3, 0.4) is 0 Å². The summed E-state index contributed by atoms with van der Waals surface area (Å²) in [7, 11) is 0. The summed E-state index contributed by atoms with van der Waals surface area (Å²) in [5, 5.41) is 18.1. The standard InChI is InChI=1S/C6H4BrClO2/c7-4-1-3(9)2-5(8)6(4)10/h1-2,9-10H. The monoisotopic (exact) mass is 222 g/mol. The van der Waals surface area contributed by atoms with Crippen LogP contribution in [0.4, 0.5) is 0 Å². The zero-order chi connectivity index (χ0) is 7.72. The van der Waals surface area contributed by atoms with Crippen molar-refractivity contribution < 1.29 is 10.2 Å². The van der Waals surface area contributed by atoms with Crippen LogP contribution >= 0.6 is 27.5 Å². The first kappa shape index (κ1) is 7.69. The summed E-state index contributed by atoms with van der Waals surface area (Å²) in [6.07, 6.45) is 0. The van der Waals surface area contributed by atoms with Crippen LogP contribution in [0.15, 0.2) is 16.6 Å². The van der Waals surface area contributed by atoms with Crippen LogP contribution in [0.5, 0.6) is 11.5 Å². The van der Waals surface area contributed by atoms with Gasteiger partial charge in [-0.3, -0.25) is 0 Å². The van der Waals surface area contributed by atoms with Gasteiger partial charge in [0.15, 0.2) is 0 Å². The molecule has 2 N–H and O–H groups in total. The second-order valence-corrected chi connectivity index (χ2v) is 3.02. The molecule has 2 nitrogen and oxygen atoms in total. The number of halogens is 2. The van der Waals surface area contributed by atoms with E-state index in [4.69, 9.17) is 21.8 Å². The lowest BCUT2D eigenvalue weighted by Crippen LogP contribution is -1.71. The molecule has 0 bridgehead atoms. The average molecular weight is 223 g/mol. The fourth-order valence-corrected chi connectivity index (χ4v) is 1.33. The number of benzene rings is 1. The summed E-state index contributed by atoms with van der Waals surface area (Å²) < 4.78 is 0.387. The van der Waals surface area contributed by atoms with Gasteiger partial charge in [-0.15, -0.1) is 0 Å². The van der Waals surface area contributed by atoms with Gasteiger partial charge >= 0.3 is 0 Å². The first-order chi connectivity index (χ1) is 4.61. The number of aromatic hydroxyl groups is 2. The van der Waals surface area contributed by atoms with E-state index in [1.807, 2.05) is 0 Å². The zero-order valence-electron chi connectivity index (χ0n) is 4.81. The third-order valence-electron chi connectivity index (χ3n) is 1.00. The molecule has 0 amide bonds. The van der Waals surface area contributed by atoms with E-state index in [2.05, 4.69) is 15.9 Å². The molecule has 0 aromatic heterocycles. The van der Waals surface area contributed by atoms with Crippen molar-refractivity contribution in [2.24, 2.45) is 0 Å². The van der Waals surface area contributed by atoms with E-state index in [1.165, 1.54) is 12.1 Å². The first-order valence-corrected chi connectivity index (χ1v) is 3.65. The van der Waals surface area contributed by atoms with Gasteiger partial charge in [0.05, 0.1) is 9.50 Å². The Morgan fingerprint density at radius 3 is 2.40 bits per heavy atom. The highest BCUT2D eigenvalue weighted by atomic mass is 79.9. The molecule has 0 atom stereocenters. The van der Waals surface area contributed by atoms with Gasteiger partial charge < -0.3 is 10.2 Å². The Morgan fingerprint density at radius 2 is 1.90 bits per heavy atom. The van der Waals surface area contributed by atoms with E-state index in [0.29, 0.717) is 4.47 Å². The Balaban J connectivity index is 3.31. The predicted molar refractivity (Wildman–Crippen MR) is 42.5 cm³/mol. The Kier molecular flexibility index (Phi) is 2.06. The summed E-state index contributed by atoms with van der Waals surface area (Å²) in [5.41, 5.74) is 0. The molecule has 0 unspecified atom stereocenters. The molecule has 10 heavy (non-hydrogen) atoms. The normalized spacial score (nSPS) is 9.80. The van der Waals surface area contributed by atoms with Crippen molar-refractivity contribution in [1.82, 2.24) is 0 Å². The van der Waals surface area contributed by atoms with Crippen LogP contribution in [0.2, 0.25) is 5.02 Å². The lowest BCUT2D eigenvalue weighted by atomic mass is 10.3. The highest BCUT2D eigenvalue weighted by Gasteiger charge is 2.04. The minimum Gasteiger partial charge on any atom is -0.508 e. The quantitative estimate of drug-likeness (QED) is 0.664. The van der Waals surface area contributed by atoms with Crippen molar-refractivity contribution in [2.45, 2.75) is 0 Å². The van der Waals surface area contributed by atoms with E-state index in [1.54, 1.807) is 0 Å². The maximum Gasteiger partial charge on any atom is 0.148 e. The molecule has 4 heteroatoms. The molecule has 0 spiro atoms. The van der Waals surface area contributed by atoms with Gasteiger partial charge in [0.1, 0.15) is 11.5 Å². The van der Waals surface area contributed by atoms with Crippen LogP contribution in [0.25, 0.3) is 0 Å². The molecule has 1 rings (SSSR count). The van der Waals surface area contributed by atoms with Gasteiger partial charge in [-0.25, -0.2) is 0 Å². The molecule has 0 saturated heterocycles. The molecular weight excluding hydrogens is 219 g/mol. The lowest BCUT2D eigenvalue weighted by Gasteiger charge is -1.99. The van der Waals surface area contributed by atoms with Crippen LogP contribution in [0.1, 0.15) is 0 Å². The van der Waals surface area contributed by atoms with Crippen molar-refractivity contribution in [1.29, 1.82) is 0 Å². The predicted octanol–water partition coefficient (Wildman–Crippen LogP) is 2.51. The SMILES string of the molecule is Oc1cc(Cl)c(O)c(Br)c1. The Labute approximate surface area is 71.2 Å². The summed E-state index contributed by atoms with van der Waals surface area (Å²) in [4.78, 5) is 0. The summed E-state index contributed by atoms with van der Waals surface area (Å²) >= 11 is 8.48. The van der Waals surface area contributed by atoms with Gasteiger partial charge in [-0.05, 0) is 22.0 Å². The molecule has 0 radical (unpaired) electrons. The van der Waals surface area contributed by atoms with E-state index >= 15 is 0 Å². The third-order valence-corrected chi connectivity index (χ3v) is 1.89. The average Bonchev–Trinajstić information content (AvgIpc) is 1.82. The van der Waals surface area contributed by atoms with Gasteiger partial charge in [0.25, 0.3) is 0 Å². The molecule has 0 aliphatic carbocycles. The maximum absolute atomic E-state index is 9.04. The number of hydrogen-bond donors (Lipinski definition) is 2. The van der Waals surface area contributed by atoms with Crippen LogP contribution in [-0.2, 0) is 0 Å². The Morgan fingerprint density at radius 1 is 1.30 bits per heavy atom. The smallest absolute Gasteiger partial charge is 0.148 e. The van der Waals surface area contributed by atoms with E-state index in [-0.39, 0.29) is 16.5 Å². The molecule has 1 aromatic carbocycles. The maximum atomic E-state index is 9.04. The number of rotatable bonds is 0. The van der Waals surface area contributed by atoms with Gasteiger partial charge in [-0.2, -0.15) is 0 Å². The summed E-state index contributed by atoms with van der Waals surface area (Å²) in [6.45, 7) is 0. The van der Waals surface area contributed by atoms with Crippen molar-refractivity contribution in [3.05, 3.63) is 21.6 Å². The highest BCUT2D eigenvalue weighted by Crippen LogP contribution is 2.35. The molecule has 0 heterocycles. The molecular formula is C6H4BrClO2. The van der Waals surface area contributed by atoms with Crippen molar-refractivity contribution in [3.8, 4) is 11.5 Å². The van der Waals surface area contributed by atoms with Gasteiger partial charge in [0, 0.05) is 6.07 Å². The fourth-order valence-electron chi connectivity index (χ4n) is 0.552. The number of phenols is 2. The van der Waals surface area contributed by atoms with Crippen LogP contribution < -0.4 is 0 Å². The minimum absolute atomic E-state index is 0.0228. The van der Waals surface area contributed by atoms with Gasteiger partial charge in [-0.1, -0.05) is 11.6 Å². The molecule has 1 aromatic rings. The van der Waals surface area contributed by atoms with Crippen molar-refractivity contribution in [3.63, 3.8) is 0 Å². The second-order valence-electron chi connectivity index (χ2n) is 1.76. The summed E-state index contributed by atoms with van der Waals surface area (Å²) in [5.74, 6) is -0.0332. The summed E-state index contributed by atoms with van der Waals surface area (Å²) in [6, 6.07) is 2.63. The first-order valence-electron chi connectivity index (χ1n) is 2.48. The highest BCUT2D eigenvalue weighted by molar-refractivity contribution is 9.10. The zero-order valence-corrected chi connectivity index (χ0v) is 7.15.